The number of anilines is 1. The number of aryl methyl sites for hydroxylation is 1. The number of amides is 1. The first-order valence-electron chi connectivity index (χ1n) is 9.78. The fourth-order valence-electron chi connectivity index (χ4n) is 2.87. The van der Waals surface area contributed by atoms with Crippen LogP contribution in [0.2, 0.25) is 5.02 Å². The maximum atomic E-state index is 12.6. The molecule has 3 aromatic rings. The molecule has 0 bridgehead atoms. The van der Waals surface area contributed by atoms with Gasteiger partial charge in [0.05, 0.1) is 8.04 Å². The molecule has 0 radical (unpaired) electrons. The number of carbonyl (C=O) groups excluding carboxylic acids is 1. The molecule has 3 rings (SSSR count). The Morgan fingerprint density at radius 1 is 1.16 bits per heavy atom. The fraction of sp³-hybridized carbons (Fsp3) is 0.120. The smallest absolute Gasteiger partial charge is 0.266 e. The third kappa shape index (κ3) is 6.58. The van der Waals surface area contributed by atoms with Gasteiger partial charge < -0.3 is 10.1 Å². The Morgan fingerprint density at radius 2 is 1.81 bits per heavy atom. The third-order valence-corrected chi connectivity index (χ3v) is 6.26. The van der Waals surface area contributed by atoms with Gasteiger partial charge in [-0.3, -0.25) is 4.79 Å². The van der Waals surface area contributed by atoms with Crippen LogP contribution in [0, 0.1) is 14.9 Å². The van der Waals surface area contributed by atoms with Crippen LogP contribution >= 0.6 is 50.1 Å². The van der Waals surface area contributed by atoms with Gasteiger partial charge >= 0.3 is 0 Å². The number of nitriles is 1. The van der Waals surface area contributed by atoms with E-state index in [1.54, 1.807) is 6.08 Å². The SMILES string of the molecule is CCc1ccc(NC(=O)/C(C#N)=C/c2cc(Br)c(OCc3ccc(Cl)cc3)c(I)c2)cc1. The minimum atomic E-state index is -0.453. The summed E-state index contributed by atoms with van der Waals surface area (Å²) in [7, 11) is 0. The van der Waals surface area contributed by atoms with Gasteiger partial charge in [-0.25, -0.2) is 0 Å². The van der Waals surface area contributed by atoms with E-state index in [9.17, 15) is 10.1 Å². The van der Waals surface area contributed by atoms with Gasteiger partial charge in [0.1, 0.15) is 24.0 Å². The molecule has 1 N–H and O–H groups in total. The molecular weight excluding hydrogens is 603 g/mol. The van der Waals surface area contributed by atoms with Crippen LogP contribution in [0.25, 0.3) is 6.08 Å². The van der Waals surface area contributed by atoms with Crippen LogP contribution in [-0.4, -0.2) is 5.91 Å². The largest absolute Gasteiger partial charge is 0.487 e. The van der Waals surface area contributed by atoms with Crippen LogP contribution in [0.4, 0.5) is 5.69 Å². The molecule has 0 spiro atoms. The molecule has 0 aromatic heterocycles. The van der Waals surface area contributed by atoms with Crippen molar-refractivity contribution < 1.29 is 9.53 Å². The standard InChI is InChI=1S/C25H19BrClIN2O2/c1-2-16-5-9-21(10-6-16)30-25(31)19(14-29)11-18-12-22(26)24(23(28)13-18)32-15-17-3-7-20(27)8-4-17/h3-13H,2,15H2,1H3,(H,30,31)/b19-11+. The van der Waals surface area contributed by atoms with Crippen molar-refractivity contribution in [3.63, 3.8) is 0 Å². The van der Waals surface area contributed by atoms with Crippen molar-refractivity contribution >= 4 is 67.8 Å². The minimum absolute atomic E-state index is 0.0158. The summed E-state index contributed by atoms with van der Waals surface area (Å²) < 4.78 is 7.55. The second kappa shape index (κ2) is 11.5. The van der Waals surface area contributed by atoms with Crippen LogP contribution in [0.15, 0.2) is 70.7 Å². The summed E-state index contributed by atoms with van der Waals surface area (Å²) >= 11 is 11.6. The second-order valence-corrected chi connectivity index (χ2v) is 9.36. The first-order chi connectivity index (χ1) is 15.4. The van der Waals surface area contributed by atoms with Crippen molar-refractivity contribution in [3.05, 3.63) is 96.0 Å². The Bertz CT molecular complexity index is 1160. The fourth-order valence-corrected chi connectivity index (χ4v) is 4.77. The number of nitrogens with one attached hydrogen (secondary N) is 1. The number of benzene rings is 3. The minimum Gasteiger partial charge on any atom is -0.487 e. The number of ether oxygens (including phenoxy) is 1. The van der Waals surface area contributed by atoms with Crippen molar-refractivity contribution in [2.75, 3.05) is 5.32 Å². The summed E-state index contributed by atoms with van der Waals surface area (Å²) in [6, 6.07) is 20.7. The highest BCUT2D eigenvalue weighted by Crippen LogP contribution is 2.33. The summed E-state index contributed by atoms with van der Waals surface area (Å²) in [6.07, 6.45) is 2.48. The van der Waals surface area contributed by atoms with E-state index in [4.69, 9.17) is 16.3 Å². The van der Waals surface area contributed by atoms with Crippen molar-refractivity contribution in [1.82, 2.24) is 0 Å². The lowest BCUT2D eigenvalue weighted by Gasteiger charge is -2.12. The van der Waals surface area contributed by atoms with Gasteiger partial charge in [-0.15, -0.1) is 0 Å². The quantitative estimate of drug-likeness (QED) is 0.170. The Hall–Kier alpha value is -2.34. The summed E-state index contributed by atoms with van der Waals surface area (Å²) in [5, 5.41) is 13.0. The summed E-state index contributed by atoms with van der Waals surface area (Å²) in [6.45, 7) is 2.46. The molecule has 0 saturated heterocycles. The van der Waals surface area contributed by atoms with Crippen LogP contribution in [0.3, 0.4) is 0 Å². The normalized spacial score (nSPS) is 11.0. The van der Waals surface area contributed by atoms with E-state index < -0.39 is 5.91 Å². The Morgan fingerprint density at radius 3 is 2.41 bits per heavy atom. The maximum absolute atomic E-state index is 12.6. The topological polar surface area (TPSA) is 62.1 Å². The zero-order valence-electron chi connectivity index (χ0n) is 17.2. The number of nitrogens with zero attached hydrogens (tertiary/aromatic N) is 1. The van der Waals surface area contributed by atoms with Crippen LogP contribution < -0.4 is 10.1 Å². The lowest BCUT2D eigenvalue weighted by atomic mass is 10.1. The van der Waals surface area contributed by atoms with Gasteiger partial charge in [-0.05, 0) is 104 Å². The molecule has 4 nitrogen and oxygen atoms in total. The van der Waals surface area contributed by atoms with Gasteiger partial charge in [0.25, 0.3) is 5.91 Å². The zero-order valence-corrected chi connectivity index (χ0v) is 21.7. The van der Waals surface area contributed by atoms with E-state index in [-0.39, 0.29) is 5.57 Å². The van der Waals surface area contributed by atoms with Crippen LogP contribution in [0.1, 0.15) is 23.6 Å². The van der Waals surface area contributed by atoms with Crippen LogP contribution in [0.5, 0.6) is 5.75 Å². The van der Waals surface area contributed by atoms with Gasteiger partial charge in [0.15, 0.2) is 0 Å². The molecule has 0 aliphatic heterocycles. The number of halogens is 3. The van der Waals surface area contributed by atoms with E-state index in [2.05, 4.69) is 50.8 Å². The first-order valence-corrected chi connectivity index (χ1v) is 12.0. The van der Waals surface area contributed by atoms with E-state index in [1.807, 2.05) is 66.7 Å². The average Bonchev–Trinajstić information content (AvgIpc) is 2.78. The molecule has 32 heavy (non-hydrogen) atoms. The predicted molar refractivity (Wildman–Crippen MR) is 141 cm³/mol. The van der Waals surface area contributed by atoms with E-state index in [0.717, 1.165) is 20.0 Å². The molecular formula is C25H19BrClIN2O2. The summed E-state index contributed by atoms with van der Waals surface area (Å²) in [5.41, 5.74) is 3.55. The molecule has 1 amide bonds. The highest BCUT2D eigenvalue weighted by molar-refractivity contribution is 14.1. The Balaban J connectivity index is 1.74. The van der Waals surface area contributed by atoms with E-state index >= 15 is 0 Å². The Labute approximate surface area is 214 Å². The number of hydrogen-bond donors (Lipinski definition) is 1. The molecule has 0 aliphatic carbocycles. The van der Waals surface area contributed by atoms with Crippen LogP contribution in [-0.2, 0) is 17.8 Å². The van der Waals surface area contributed by atoms with E-state index in [1.165, 1.54) is 5.56 Å². The van der Waals surface area contributed by atoms with Crippen molar-refractivity contribution in [2.24, 2.45) is 0 Å². The Kier molecular flexibility index (Phi) is 8.74. The molecule has 0 saturated carbocycles. The monoisotopic (exact) mass is 620 g/mol. The second-order valence-electron chi connectivity index (χ2n) is 6.90. The van der Waals surface area contributed by atoms with Gasteiger partial charge in [-0.2, -0.15) is 5.26 Å². The molecule has 0 heterocycles. The molecule has 162 valence electrons. The van der Waals surface area contributed by atoms with Gasteiger partial charge in [0.2, 0.25) is 0 Å². The zero-order chi connectivity index (χ0) is 23.1. The van der Waals surface area contributed by atoms with Crippen molar-refractivity contribution in [3.8, 4) is 11.8 Å². The highest BCUT2D eigenvalue weighted by atomic mass is 127. The molecule has 3 aromatic carbocycles. The molecule has 7 heteroatoms. The molecule has 0 aliphatic rings. The van der Waals surface area contributed by atoms with Gasteiger partial charge in [0, 0.05) is 10.7 Å². The predicted octanol–water partition coefficient (Wildman–Crippen LogP) is 7.39. The third-order valence-electron chi connectivity index (χ3n) is 4.61. The number of hydrogen-bond acceptors (Lipinski definition) is 3. The summed E-state index contributed by atoms with van der Waals surface area (Å²) in [5.74, 6) is 0.239. The average molecular weight is 622 g/mol. The van der Waals surface area contributed by atoms with Gasteiger partial charge in [-0.1, -0.05) is 42.8 Å². The highest BCUT2D eigenvalue weighted by Gasteiger charge is 2.13. The van der Waals surface area contributed by atoms with E-state index in [0.29, 0.717) is 28.6 Å². The molecule has 0 atom stereocenters. The first kappa shape index (κ1) is 24.3. The lowest BCUT2D eigenvalue weighted by molar-refractivity contribution is -0.112. The lowest BCUT2D eigenvalue weighted by Crippen LogP contribution is -2.13. The molecule has 0 fully saturated rings. The number of carbonyl (C=O) groups is 1. The summed E-state index contributed by atoms with van der Waals surface area (Å²) in [4.78, 5) is 12.6. The number of rotatable bonds is 7. The molecule has 0 unspecified atom stereocenters. The van der Waals surface area contributed by atoms with Crippen molar-refractivity contribution in [1.29, 1.82) is 5.26 Å². The maximum Gasteiger partial charge on any atom is 0.266 e. The van der Waals surface area contributed by atoms with Crippen molar-refractivity contribution in [2.45, 2.75) is 20.0 Å².